The Hall–Kier alpha value is -1.28. The molecule has 0 aromatic rings. The molecule has 1 aliphatic heterocycles. The van der Waals surface area contributed by atoms with Gasteiger partial charge in [0.1, 0.15) is 5.76 Å². The molecular weight excluding hydrogens is 200 g/mol. The molecule has 0 bridgehead atoms. The van der Waals surface area contributed by atoms with Gasteiger partial charge in [-0.25, -0.2) is 0 Å². The Morgan fingerprint density at radius 2 is 2.06 bits per heavy atom. The number of methoxy groups -OCH3 is 1. The first-order chi connectivity index (χ1) is 7.92. The Morgan fingerprint density at radius 3 is 2.94 bits per heavy atom. The Labute approximate surface area is 96.6 Å². The maximum atomic E-state index is 5.42. The SMILES string of the molecule is COCCCCCc1ccc2occcc1-2. The van der Waals surface area contributed by atoms with Crippen molar-refractivity contribution in [1.82, 2.24) is 0 Å². The molecule has 2 heteroatoms. The predicted octanol–water partition coefficient (Wildman–Crippen LogP) is 3.74. The van der Waals surface area contributed by atoms with Gasteiger partial charge < -0.3 is 9.15 Å². The van der Waals surface area contributed by atoms with Crippen molar-refractivity contribution in [1.29, 1.82) is 0 Å². The quantitative estimate of drug-likeness (QED) is 0.689. The Morgan fingerprint density at radius 1 is 1.12 bits per heavy atom. The lowest BCUT2D eigenvalue weighted by atomic mass is 10.1. The zero-order valence-electron chi connectivity index (χ0n) is 9.74. The van der Waals surface area contributed by atoms with E-state index in [-0.39, 0.29) is 0 Å². The summed E-state index contributed by atoms with van der Waals surface area (Å²) in [5.41, 5.74) is 2.66. The molecule has 0 saturated carbocycles. The summed E-state index contributed by atoms with van der Waals surface area (Å²) in [5, 5.41) is 0. The van der Waals surface area contributed by atoms with E-state index < -0.39 is 0 Å². The highest BCUT2D eigenvalue weighted by Crippen LogP contribution is 2.28. The highest BCUT2D eigenvalue weighted by molar-refractivity contribution is 5.65. The van der Waals surface area contributed by atoms with Gasteiger partial charge in [0.2, 0.25) is 0 Å². The summed E-state index contributed by atoms with van der Waals surface area (Å²) >= 11 is 0. The molecule has 2 rings (SSSR count). The Bertz CT molecular complexity index is 392. The minimum atomic E-state index is 0.872. The number of hydrogen-bond donors (Lipinski definition) is 0. The summed E-state index contributed by atoms with van der Waals surface area (Å²) < 4.78 is 10.5. The average Bonchev–Trinajstić information content (AvgIpc) is 2.73. The van der Waals surface area contributed by atoms with Gasteiger partial charge >= 0.3 is 0 Å². The molecule has 0 N–H and O–H groups in total. The van der Waals surface area contributed by atoms with Crippen LogP contribution >= 0.6 is 0 Å². The molecule has 0 aromatic carbocycles. The van der Waals surface area contributed by atoms with Crippen molar-refractivity contribution in [3.8, 4) is 11.3 Å². The van der Waals surface area contributed by atoms with E-state index in [1.165, 1.54) is 24.0 Å². The summed E-state index contributed by atoms with van der Waals surface area (Å²) in [6.45, 7) is 0.872. The highest BCUT2D eigenvalue weighted by atomic mass is 16.5. The fourth-order valence-electron chi connectivity index (χ4n) is 2.01. The van der Waals surface area contributed by atoms with Crippen LogP contribution in [0.15, 0.2) is 34.9 Å². The number of unbranched alkanes of at least 4 members (excludes halogenated alkanes) is 2. The number of fused-ring (bicyclic) bond motifs is 1. The summed E-state index contributed by atoms with van der Waals surface area (Å²) in [4.78, 5) is 0. The second-order valence-electron chi connectivity index (χ2n) is 4.05. The molecule has 86 valence electrons. The molecule has 2 aliphatic rings. The van der Waals surface area contributed by atoms with Crippen LogP contribution in [-0.4, -0.2) is 13.7 Å². The smallest absolute Gasteiger partial charge is 0.134 e. The lowest BCUT2D eigenvalue weighted by Crippen LogP contribution is -1.90. The van der Waals surface area contributed by atoms with Crippen LogP contribution in [0.4, 0.5) is 0 Å². The third-order valence-corrected chi connectivity index (χ3v) is 2.88. The number of aryl methyl sites for hydroxylation is 1. The first-order valence-corrected chi connectivity index (χ1v) is 5.86. The maximum absolute atomic E-state index is 5.42. The third-order valence-electron chi connectivity index (χ3n) is 2.88. The molecule has 0 saturated heterocycles. The van der Waals surface area contributed by atoms with Crippen LogP contribution in [0.25, 0.3) is 11.3 Å². The van der Waals surface area contributed by atoms with Gasteiger partial charge in [-0.2, -0.15) is 0 Å². The van der Waals surface area contributed by atoms with E-state index in [0.717, 1.165) is 25.2 Å². The number of rotatable bonds is 6. The van der Waals surface area contributed by atoms with Crippen molar-refractivity contribution < 1.29 is 9.15 Å². The van der Waals surface area contributed by atoms with Crippen LogP contribution in [0.5, 0.6) is 0 Å². The molecule has 2 nitrogen and oxygen atoms in total. The molecule has 0 amide bonds. The van der Waals surface area contributed by atoms with E-state index >= 15 is 0 Å². The van der Waals surface area contributed by atoms with Crippen LogP contribution in [0.3, 0.4) is 0 Å². The van der Waals surface area contributed by atoms with E-state index in [1.54, 1.807) is 13.4 Å². The zero-order valence-corrected chi connectivity index (χ0v) is 9.74. The van der Waals surface area contributed by atoms with Crippen molar-refractivity contribution in [2.24, 2.45) is 0 Å². The molecule has 0 aromatic heterocycles. The first-order valence-electron chi connectivity index (χ1n) is 5.86. The van der Waals surface area contributed by atoms with Crippen LogP contribution in [0.2, 0.25) is 0 Å². The van der Waals surface area contributed by atoms with Crippen LogP contribution in [-0.2, 0) is 11.2 Å². The zero-order chi connectivity index (χ0) is 11.2. The molecular formula is C14H18O2. The Kier molecular flexibility index (Phi) is 4.00. The van der Waals surface area contributed by atoms with Crippen LogP contribution in [0.1, 0.15) is 24.8 Å². The topological polar surface area (TPSA) is 22.4 Å². The average molecular weight is 218 g/mol. The molecule has 0 atom stereocenters. The van der Waals surface area contributed by atoms with Gasteiger partial charge in [-0.15, -0.1) is 0 Å². The highest BCUT2D eigenvalue weighted by Gasteiger charge is 2.09. The van der Waals surface area contributed by atoms with Gasteiger partial charge in [0.25, 0.3) is 0 Å². The molecule has 0 spiro atoms. The van der Waals surface area contributed by atoms with E-state index in [9.17, 15) is 0 Å². The van der Waals surface area contributed by atoms with Gasteiger partial charge in [-0.1, -0.05) is 12.5 Å². The number of ether oxygens (including phenoxy) is 1. The Balaban J connectivity index is 1.86. The minimum absolute atomic E-state index is 0.872. The first kappa shape index (κ1) is 11.2. The monoisotopic (exact) mass is 218 g/mol. The minimum Gasteiger partial charge on any atom is -0.464 e. The van der Waals surface area contributed by atoms with Crippen molar-refractivity contribution >= 4 is 0 Å². The van der Waals surface area contributed by atoms with Crippen LogP contribution < -0.4 is 0 Å². The third kappa shape index (κ3) is 2.64. The van der Waals surface area contributed by atoms with E-state index in [2.05, 4.69) is 18.2 Å². The van der Waals surface area contributed by atoms with Crippen molar-refractivity contribution in [3.63, 3.8) is 0 Å². The molecule has 0 fully saturated rings. The molecule has 1 aliphatic carbocycles. The summed E-state index contributed by atoms with van der Waals surface area (Å²) in [6.07, 6.45) is 6.46. The largest absolute Gasteiger partial charge is 0.464 e. The second kappa shape index (κ2) is 5.71. The number of hydrogen-bond acceptors (Lipinski definition) is 2. The van der Waals surface area contributed by atoms with Gasteiger partial charge in [0, 0.05) is 19.3 Å². The van der Waals surface area contributed by atoms with Gasteiger partial charge in [0.15, 0.2) is 0 Å². The van der Waals surface area contributed by atoms with Gasteiger partial charge in [0.05, 0.1) is 6.26 Å². The van der Waals surface area contributed by atoms with E-state index in [0.29, 0.717) is 0 Å². The summed E-state index contributed by atoms with van der Waals surface area (Å²) in [7, 11) is 1.76. The normalized spacial score (nSPS) is 11.1. The fraction of sp³-hybridized carbons (Fsp3) is 0.429. The lowest BCUT2D eigenvalue weighted by molar-refractivity contribution is 0.192. The molecule has 1 heterocycles. The van der Waals surface area contributed by atoms with Gasteiger partial charge in [-0.05, 0) is 43.0 Å². The fourth-order valence-corrected chi connectivity index (χ4v) is 2.01. The summed E-state index contributed by atoms with van der Waals surface area (Å²) in [5.74, 6) is 0.995. The van der Waals surface area contributed by atoms with Crippen molar-refractivity contribution in [2.45, 2.75) is 25.7 Å². The van der Waals surface area contributed by atoms with Crippen LogP contribution in [0, 0.1) is 0 Å². The second-order valence-corrected chi connectivity index (χ2v) is 4.05. The molecule has 0 unspecified atom stereocenters. The molecule has 16 heavy (non-hydrogen) atoms. The molecule has 0 radical (unpaired) electrons. The summed E-state index contributed by atoms with van der Waals surface area (Å²) in [6, 6.07) is 8.31. The standard InChI is InChI=1S/C14H18O2/c1-15-10-4-2-3-6-12-8-9-14-13(12)7-5-11-16-14/h5,7-9,11H,2-4,6,10H2,1H3. The lowest BCUT2D eigenvalue weighted by Gasteiger charge is -2.03. The van der Waals surface area contributed by atoms with Crippen molar-refractivity contribution in [2.75, 3.05) is 13.7 Å². The van der Waals surface area contributed by atoms with Gasteiger partial charge in [-0.3, -0.25) is 0 Å². The van der Waals surface area contributed by atoms with E-state index in [4.69, 9.17) is 9.15 Å². The van der Waals surface area contributed by atoms with Crippen molar-refractivity contribution in [3.05, 3.63) is 36.1 Å². The maximum Gasteiger partial charge on any atom is 0.134 e. The van der Waals surface area contributed by atoms with E-state index in [1.807, 2.05) is 6.07 Å². The predicted molar refractivity (Wildman–Crippen MR) is 64.8 cm³/mol.